The SMILES string of the molecule is CC(C)(C)CCC1(C(=O)NF)CCC(C2(C)CCC3C(C)(C)C(=O)C(C#N)=CC3(C)/C2=C/C=O)CC1. The highest BCUT2D eigenvalue weighted by Gasteiger charge is 2.60. The topological polar surface area (TPSA) is 87.0 Å². The Morgan fingerprint density at radius 2 is 1.78 bits per heavy atom. The van der Waals surface area contributed by atoms with E-state index in [4.69, 9.17) is 0 Å². The van der Waals surface area contributed by atoms with E-state index in [1.807, 2.05) is 19.9 Å². The van der Waals surface area contributed by atoms with Crippen LogP contribution in [0.1, 0.15) is 99.8 Å². The van der Waals surface area contributed by atoms with E-state index in [9.17, 15) is 24.1 Å². The highest BCUT2D eigenvalue weighted by Crippen LogP contribution is 2.65. The third kappa shape index (κ3) is 4.59. The van der Waals surface area contributed by atoms with Crippen molar-refractivity contribution in [2.24, 2.45) is 38.9 Å². The Morgan fingerprint density at radius 1 is 1.17 bits per heavy atom. The van der Waals surface area contributed by atoms with Crippen LogP contribution in [-0.4, -0.2) is 18.0 Å². The van der Waals surface area contributed by atoms with Gasteiger partial charge in [-0.05, 0) is 80.1 Å². The number of rotatable bonds is 5. The monoisotopic (exact) mass is 498 g/mol. The molecule has 1 amide bonds. The number of aldehydes is 1. The summed E-state index contributed by atoms with van der Waals surface area (Å²) in [5, 5.41) is 9.74. The van der Waals surface area contributed by atoms with Gasteiger partial charge < -0.3 is 0 Å². The van der Waals surface area contributed by atoms with E-state index in [-0.39, 0.29) is 34.0 Å². The lowest BCUT2D eigenvalue weighted by molar-refractivity contribution is -0.140. The number of hydrogen-bond donors (Lipinski definition) is 1. The van der Waals surface area contributed by atoms with Crippen molar-refractivity contribution in [3.8, 4) is 6.07 Å². The third-order valence-electron chi connectivity index (χ3n) is 10.1. The molecule has 3 atom stereocenters. The molecule has 5 nitrogen and oxygen atoms in total. The quantitative estimate of drug-likeness (QED) is 0.263. The number of amides is 1. The van der Waals surface area contributed by atoms with Gasteiger partial charge in [0.15, 0.2) is 5.78 Å². The number of nitrogens with zero attached hydrogens (tertiary/aromatic N) is 1. The summed E-state index contributed by atoms with van der Waals surface area (Å²) < 4.78 is 13.4. The van der Waals surface area contributed by atoms with Crippen molar-refractivity contribution in [1.82, 2.24) is 5.54 Å². The molecule has 3 aliphatic rings. The summed E-state index contributed by atoms with van der Waals surface area (Å²) in [5.41, 5.74) is 0.330. The molecular weight excluding hydrogens is 455 g/mol. The molecule has 1 N–H and O–H groups in total. The molecule has 36 heavy (non-hydrogen) atoms. The number of carbonyl (C=O) groups excluding carboxylic acids is 3. The van der Waals surface area contributed by atoms with Crippen LogP contribution in [0.2, 0.25) is 0 Å². The fourth-order valence-electron chi connectivity index (χ4n) is 7.90. The second-order valence-electron chi connectivity index (χ2n) is 13.8. The first kappa shape index (κ1) is 28.3. The molecular formula is C30H43FN2O3. The van der Waals surface area contributed by atoms with E-state index in [1.54, 1.807) is 6.08 Å². The molecule has 3 rings (SSSR count). The predicted molar refractivity (Wildman–Crippen MR) is 138 cm³/mol. The van der Waals surface area contributed by atoms with Crippen LogP contribution in [0, 0.1) is 50.2 Å². The van der Waals surface area contributed by atoms with Gasteiger partial charge in [-0.1, -0.05) is 60.1 Å². The standard InChI is InChI=1S/C30H43FN2O3/c1-26(2,3)15-16-30(25(36)33-31)13-8-21(9-14-30)28(6)12-10-22-27(4,5)24(35)20(19-32)18-29(22,7)23(28)11-17-34/h11,17-18,21-22H,8-10,12-16H2,1-7H3,(H,33,36)/b23-11+. The summed E-state index contributed by atoms with van der Waals surface area (Å²) in [6.45, 7) is 14.5. The minimum absolute atomic E-state index is 0.0133. The normalized spacial score (nSPS) is 37.5. The Labute approximate surface area is 215 Å². The minimum Gasteiger partial charge on any atom is -0.299 e. The Bertz CT molecular complexity index is 1020. The minimum atomic E-state index is -0.711. The maximum Gasteiger partial charge on any atom is 0.253 e. The second-order valence-corrected chi connectivity index (χ2v) is 13.8. The number of carbonyl (C=O) groups is 3. The Balaban J connectivity index is 1.97. The molecule has 0 saturated heterocycles. The van der Waals surface area contributed by atoms with Crippen molar-refractivity contribution in [1.29, 1.82) is 5.26 Å². The third-order valence-corrected chi connectivity index (χ3v) is 10.1. The maximum atomic E-state index is 13.4. The van der Waals surface area contributed by atoms with E-state index in [2.05, 4.69) is 40.7 Å². The summed E-state index contributed by atoms with van der Waals surface area (Å²) in [6.07, 6.45) is 10.2. The molecule has 3 unspecified atom stereocenters. The van der Waals surface area contributed by atoms with E-state index >= 15 is 0 Å². The largest absolute Gasteiger partial charge is 0.299 e. The summed E-state index contributed by atoms with van der Waals surface area (Å²) >= 11 is 0. The van der Waals surface area contributed by atoms with Crippen molar-refractivity contribution in [2.45, 2.75) is 99.8 Å². The highest BCUT2D eigenvalue weighted by atomic mass is 19.2. The average Bonchev–Trinajstić information content (AvgIpc) is 2.82. The van der Waals surface area contributed by atoms with Gasteiger partial charge in [0.2, 0.25) is 0 Å². The van der Waals surface area contributed by atoms with Gasteiger partial charge in [-0.2, -0.15) is 10.8 Å². The van der Waals surface area contributed by atoms with Crippen LogP contribution in [0.15, 0.2) is 23.3 Å². The number of allylic oxidation sites excluding steroid dienone is 4. The molecule has 0 aliphatic heterocycles. The van der Waals surface area contributed by atoms with Crippen LogP contribution >= 0.6 is 0 Å². The van der Waals surface area contributed by atoms with Crippen LogP contribution in [0.4, 0.5) is 4.48 Å². The molecule has 0 spiro atoms. The predicted octanol–water partition coefficient (Wildman–Crippen LogP) is 6.60. The summed E-state index contributed by atoms with van der Waals surface area (Å²) in [4.78, 5) is 37.7. The molecule has 2 saturated carbocycles. The average molecular weight is 499 g/mol. The van der Waals surface area contributed by atoms with Crippen LogP contribution in [0.25, 0.3) is 0 Å². The van der Waals surface area contributed by atoms with Gasteiger partial charge in [0.1, 0.15) is 12.4 Å². The van der Waals surface area contributed by atoms with Crippen LogP contribution in [0.3, 0.4) is 0 Å². The number of halogens is 1. The van der Waals surface area contributed by atoms with Gasteiger partial charge in [0.25, 0.3) is 5.91 Å². The fourth-order valence-corrected chi connectivity index (χ4v) is 7.90. The number of nitriles is 1. The first-order valence-electron chi connectivity index (χ1n) is 13.4. The van der Waals surface area contributed by atoms with E-state index < -0.39 is 22.2 Å². The molecule has 6 heteroatoms. The molecule has 198 valence electrons. The zero-order valence-corrected chi connectivity index (χ0v) is 23.1. The summed E-state index contributed by atoms with van der Waals surface area (Å²) in [7, 11) is 0. The molecule has 0 radical (unpaired) electrons. The van der Waals surface area contributed by atoms with Gasteiger partial charge in [0, 0.05) is 10.8 Å². The smallest absolute Gasteiger partial charge is 0.253 e. The van der Waals surface area contributed by atoms with Gasteiger partial charge in [-0.25, -0.2) is 0 Å². The Hall–Kier alpha value is -2.29. The zero-order valence-electron chi connectivity index (χ0n) is 23.1. The van der Waals surface area contributed by atoms with E-state index in [0.717, 1.165) is 44.0 Å². The number of ketones is 1. The molecule has 0 bridgehead atoms. The molecule has 0 aromatic rings. The lowest BCUT2D eigenvalue weighted by Crippen LogP contribution is -2.54. The number of fused-ring (bicyclic) bond motifs is 1. The van der Waals surface area contributed by atoms with Crippen molar-refractivity contribution >= 4 is 18.0 Å². The Kier molecular flexibility index (Phi) is 7.50. The van der Waals surface area contributed by atoms with E-state index in [0.29, 0.717) is 19.3 Å². The molecule has 0 aromatic carbocycles. The van der Waals surface area contributed by atoms with Gasteiger partial charge >= 0.3 is 0 Å². The highest BCUT2D eigenvalue weighted by molar-refractivity contribution is 6.04. The van der Waals surface area contributed by atoms with Crippen LogP contribution in [-0.2, 0) is 14.4 Å². The molecule has 0 heterocycles. The van der Waals surface area contributed by atoms with Gasteiger partial charge in [-0.15, -0.1) is 4.48 Å². The lowest BCUT2D eigenvalue weighted by atomic mass is 9.43. The lowest BCUT2D eigenvalue weighted by Gasteiger charge is -2.59. The van der Waals surface area contributed by atoms with Crippen molar-refractivity contribution < 1.29 is 18.9 Å². The fraction of sp³-hybridized carbons (Fsp3) is 0.733. The summed E-state index contributed by atoms with van der Waals surface area (Å²) in [5.74, 6) is -0.430. The molecule has 3 aliphatic carbocycles. The second kappa shape index (κ2) is 9.54. The van der Waals surface area contributed by atoms with Crippen molar-refractivity contribution in [3.05, 3.63) is 23.3 Å². The summed E-state index contributed by atoms with van der Waals surface area (Å²) in [6, 6.07) is 2.11. The number of nitrogens with one attached hydrogen (secondary N) is 1. The number of Topliss-reactive ketones (excluding diaryl/α,β-unsaturated/α-hetero) is 1. The van der Waals surface area contributed by atoms with Crippen molar-refractivity contribution in [3.63, 3.8) is 0 Å². The van der Waals surface area contributed by atoms with Crippen LogP contribution in [0.5, 0.6) is 0 Å². The van der Waals surface area contributed by atoms with Crippen molar-refractivity contribution in [2.75, 3.05) is 0 Å². The Morgan fingerprint density at radius 3 is 2.28 bits per heavy atom. The first-order chi connectivity index (χ1) is 16.6. The van der Waals surface area contributed by atoms with E-state index in [1.165, 1.54) is 5.54 Å². The van der Waals surface area contributed by atoms with Crippen LogP contribution < -0.4 is 5.54 Å². The molecule has 2 fully saturated rings. The molecule has 0 aromatic heterocycles. The maximum absolute atomic E-state index is 13.4. The number of hydrogen-bond acceptors (Lipinski definition) is 4. The van der Waals surface area contributed by atoms with Gasteiger partial charge in [-0.3, -0.25) is 14.4 Å². The zero-order chi connectivity index (χ0) is 27.2. The van der Waals surface area contributed by atoms with Gasteiger partial charge in [0.05, 0.1) is 11.0 Å². The first-order valence-corrected chi connectivity index (χ1v) is 13.4.